The number of halogens is 2. The number of benzene rings is 2. The summed E-state index contributed by atoms with van der Waals surface area (Å²) in [6, 6.07) is 11.1. The monoisotopic (exact) mass is 337 g/mol. The fourth-order valence-electron chi connectivity index (χ4n) is 2.11. The van der Waals surface area contributed by atoms with E-state index in [0.717, 1.165) is 22.6 Å². The number of hydrogen-bond donors (Lipinski definition) is 1. The summed E-state index contributed by atoms with van der Waals surface area (Å²) in [5.74, 6) is 0.548. The van der Waals surface area contributed by atoms with Crippen LogP contribution in [0.1, 0.15) is 24.1 Å². The summed E-state index contributed by atoms with van der Waals surface area (Å²) in [5.41, 5.74) is 2.95. The second-order valence-electron chi connectivity index (χ2n) is 4.74. The predicted octanol–water partition coefficient (Wildman–Crippen LogP) is 5.08. The Morgan fingerprint density at radius 3 is 2.60 bits per heavy atom. The second-order valence-corrected chi connectivity index (χ2v) is 5.59. The first-order valence-electron chi connectivity index (χ1n) is 6.37. The van der Waals surface area contributed by atoms with Gasteiger partial charge in [0.2, 0.25) is 0 Å². The lowest BCUT2D eigenvalue weighted by molar-refractivity contribution is 0.408. The number of hydrogen-bond acceptors (Lipinski definition) is 2. The standard InChI is InChI=1S/C16H17BrFNO/c1-10-4-7-16(20-3)13(8-10)11(2)19-12-5-6-14(17)15(18)9-12/h4-9,11,19H,1-3H3. The maximum atomic E-state index is 13.5. The SMILES string of the molecule is COc1ccc(C)cc1C(C)Nc1ccc(Br)c(F)c1. The number of methoxy groups -OCH3 is 1. The van der Waals surface area contributed by atoms with E-state index >= 15 is 0 Å². The van der Waals surface area contributed by atoms with E-state index in [9.17, 15) is 4.39 Å². The molecule has 0 heterocycles. The molecule has 0 aliphatic heterocycles. The van der Waals surface area contributed by atoms with Crippen molar-refractivity contribution in [2.75, 3.05) is 12.4 Å². The van der Waals surface area contributed by atoms with Gasteiger partial charge in [-0.25, -0.2) is 4.39 Å². The molecule has 0 spiro atoms. The van der Waals surface area contributed by atoms with Gasteiger partial charge in [0.25, 0.3) is 0 Å². The highest BCUT2D eigenvalue weighted by atomic mass is 79.9. The van der Waals surface area contributed by atoms with Gasteiger partial charge in [0, 0.05) is 11.3 Å². The Morgan fingerprint density at radius 2 is 1.95 bits per heavy atom. The molecule has 1 atom stereocenters. The van der Waals surface area contributed by atoms with Gasteiger partial charge in [-0.3, -0.25) is 0 Å². The first kappa shape index (κ1) is 14.9. The highest BCUT2D eigenvalue weighted by molar-refractivity contribution is 9.10. The van der Waals surface area contributed by atoms with E-state index in [1.165, 1.54) is 6.07 Å². The Kier molecular flexibility index (Phi) is 4.65. The Bertz CT molecular complexity index is 615. The van der Waals surface area contributed by atoms with Crippen LogP contribution in [0.3, 0.4) is 0 Å². The lowest BCUT2D eigenvalue weighted by Crippen LogP contribution is -2.08. The molecular formula is C16H17BrFNO. The van der Waals surface area contributed by atoms with Crippen LogP contribution in [0.5, 0.6) is 5.75 Å². The summed E-state index contributed by atoms with van der Waals surface area (Å²) in [4.78, 5) is 0. The minimum Gasteiger partial charge on any atom is -0.496 e. The van der Waals surface area contributed by atoms with Crippen LogP contribution in [-0.2, 0) is 0 Å². The highest BCUT2D eigenvalue weighted by Crippen LogP contribution is 2.29. The molecule has 2 aromatic rings. The van der Waals surface area contributed by atoms with Crippen molar-refractivity contribution in [1.29, 1.82) is 0 Å². The Labute approximate surface area is 127 Å². The first-order valence-corrected chi connectivity index (χ1v) is 7.16. The molecule has 0 bridgehead atoms. The lowest BCUT2D eigenvalue weighted by Gasteiger charge is -2.19. The fraction of sp³-hybridized carbons (Fsp3) is 0.250. The average molecular weight is 338 g/mol. The van der Waals surface area contributed by atoms with Crippen molar-refractivity contribution in [3.8, 4) is 5.75 Å². The number of nitrogens with one attached hydrogen (secondary N) is 1. The predicted molar refractivity (Wildman–Crippen MR) is 83.9 cm³/mol. The van der Waals surface area contributed by atoms with Gasteiger partial charge in [-0.15, -0.1) is 0 Å². The molecule has 1 N–H and O–H groups in total. The van der Waals surface area contributed by atoms with Crippen LogP contribution in [0, 0.1) is 12.7 Å². The molecule has 20 heavy (non-hydrogen) atoms. The Balaban J connectivity index is 2.25. The third-order valence-electron chi connectivity index (χ3n) is 3.15. The molecule has 0 fully saturated rings. The first-order chi connectivity index (χ1) is 9.51. The molecule has 0 aromatic heterocycles. The molecule has 4 heteroatoms. The van der Waals surface area contributed by atoms with Gasteiger partial charge in [-0.05, 0) is 54.0 Å². The third kappa shape index (κ3) is 3.31. The largest absolute Gasteiger partial charge is 0.496 e. The third-order valence-corrected chi connectivity index (χ3v) is 3.80. The second kappa shape index (κ2) is 6.27. The summed E-state index contributed by atoms with van der Waals surface area (Å²) in [6.45, 7) is 4.06. The van der Waals surface area contributed by atoms with Crippen molar-refractivity contribution in [3.05, 3.63) is 57.8 Å². The van der Waals surface area contributed by atoms with Crippen LogP contribution < -0.4 is 10.1 Å². The van der Waals surface area contributed by atoms with Gasteiger partial charge in [0.05, 0.1) is 17.6 Å². The maximum Gasteiger partial charge on any atom is 0.139 e. The minimum atomic E-state index is -0.279. The van der Waals surface area contributed by atoms with Crippen molar-refractivity contribution in [1.82, 2.24) is 0 Å². The van der Waals surface area contributed by atoms with Crippen molar-refractivity contribution >= 4 is 21.6 Å². The molecule has 0 saturated carbocycles. The van der Waals surface area contributed by atoms with Gasteiger partial charge < -0.3 is 10.1 Å². The maximum absolute atomic E-state index is 13.5. The Hall–Kier alpha value is -1.55. The molecule has 0 aliphatic rings. The smallest absolute Gasteiger partial charge is 0.139 e. The normalized spacial score (nSPS) is 12.1. The topological polar surface area (TPSA) is 21.3 Å². The highest BCUT2D eigenvalue weighted by Gasteiger charge is 2.12. The number of ether oxygens (including phenoxy) is 1. The van der Waals surface area contributed by atoms with E-state index < -0.39 is 0 Å². The molecule has 2 rings (SSSR count). The van der Waals surface area contributed by atoms with Gasteiger partial charge in [0.15, 0.2) is 0 Å². The lowest BCUT2D eigenvalue weighted by atomic mass is 10.0. The van der Waals surface area contributed by atoms with Gasteiger partial charge in [-0.1, -0.05) is 17.7 Å². The number of rotatable bonds is 4. The molecular weight excluding hydrogens is 321 g/mol. The molecule has 0 radical (unpaired) electrons. The van der Waals surface area contributed by atoms with Crippen LogP contribution in [-0.4, -0.2) is 7.11 Å². The van der Waals surface area contributed by atoms with Gasteiger partial charge in [-0.2, -0.15) is 0 Å². The Morgan fingerprint density at radius 1 is 1.20 bits per heavy atom. The summed E-state index contributed by atoms with van der Waals surface area (Å²) in [6.07, 6.45) is 0. The van der Waals surface area contributed by atoms with Crippen LogP contribution in [0.4, 0.5) is 10.1 Å². The molecule has 0 saturated heterocycles. The molecule has 2 nitrogen and oxygen atoms in total. The molecule has 106 valence electrons. The van der Waals surface area contributed by atoms with Crippen LogP contribution in [0.15, 0.2) is 40.9 Å². The van der Waals surface area contributed by atoms with E-state index in [1.54, 1.807) is 13.2 Å². The number of anilines is 1. The van der Waals surface area contributed by atoms with Gasteiger partial charge >= 0.3 is 0 Å². The average Bonchev–Trinajstić information content (AvgIpc) is 2.43. The summed E-state index contributed by atoms with van der Waals surface area (Å²) in [5, 5.41) is 3.29. The molecule has 1 unspecified atom stereocenters. The van der Waals surface area contributed by atoms with Crippen LogP contribution >= 0.6 is 15.9 Å². The van der Waals surface area contributed by atoms with Gasteiger partial charge in [0.1, 0.15) is 11.6 Å². The van der Waals surface area contributed by atoms with E-state index in [1.807, 2.05) is 32.0 Å². The fourth-order valence-corrected chi connectivity index (χ4v) is 2.35. The summed E-state index contributed by atoms with van der Waals surface area (Å²) >= 11 is 3.15. The van der Waals surface area contributed by atoms with E-state index in [-0.39, 0.29) is 11.9 Å². The van der Waals surface area contributed by atoms with E-state index in [4.69, 9.17) is 4.74 Å². The quantitative estimate of drug-likeness (QED) is 0.840. The van der Waals surface area contributed by atoms with Crippen LogP contribution in [0.2, 0.25) is 0 Å². The molecule has 0 aliphatic carbocycles. The van der Waals surface area contributed by atoms with Crippen molar-refractivity contribution in [2.45, 2.75) is 19.9 Å². The summed E-state index contributed by atoms with van der Waals surface area (Å²) < 4.78 is 19.4. The van der Waals surface area contributed by atoms with Crippen molar-refractivity contribution in [2.24, 2.45) is 0 Å². The van der Waals surface area contributed by atoms with Crippen LogP contribution in [0.25, 0.3) is 0 Å². The zero-order valence-electron chi connectivity index (χ0n) is 11.7. The zero-order chi connectivity index (χ0) is 14.7. The summed E-state index contributed by atoms with van der Waals surface area (Å²) in [7, 11) is 1.65. The van der Waals surface area contributed by atoms with Crippen molar-refractivity contribution in [3.63, 3.8) is 0 Å². The van der Waals surface area contributed by atoms with Crippen molar-refractivity contribution < 1.29 is 9.13 Å². The number of aryl methyl sites for hydroxylation is 1. The molecule has 0 amide bonds. The zero-order valence-corrected chi connectivity index (χ0v) is 13.3. The van der Waals surface area contributed by atoms with E-state index in [2.05, 4.69) is 27.3 Å². The minimum absolute atomic E-state index is 0.0189. The molecule has 2 aromatic carbocycles. The van der Waals surface area contributed by atoms with E-state index in [0.29, 0.717) is 4.47 Å².